The number of carbonyl (C=O) groups excluding carboxylic acids is 2. The largest absolute Gasteiger partial charge is 0.465 e. The molecule has 4 atom stereocenters. The fourth-order valence-electron chi connectivity index (χ4n) is 6.06. The first-order chi connectivity index (χ1) is 21.0. The number of aryl methyl sites for hydroxylation is 5. The van der Waals surface area contributed by atoms with Crippen LogP contribution in [0.4, 0.5) is 0 Å². The van der Waals surface area contributed by atoms with Crippen LogP contribution in [-0.4, -0.2) is 49.9 Å². The number of ether oxygens (including phenoxy) is 6. The first-order valence-electron chi connectivity index (χ1n) is 15.3. The molecule has 5 rings (SSSR count). The molecule has 0 N–H and O–H groups in total. The van der Waals surface area contributed by atoms with Crippen LogP contribution in [0.3, 0.4) is 0 Å². The maximum Gasteiger partial charge on any atom is 0.335 e. The molecule has 44 heavy (non-hydrogen) atoms. The minimum absolute atomic E-state index is 0.0441. The van der Waals surface area contributed by atoms with Gasteiger partial charge in [-0.15, -0.1) is 0 Å². The summed E-state index contributed by atoms with van der Waals surface area (Å²) in [7, 11) is 0. The minimum atomic E-state index is -0.606. The second kappa shape index (κ2) is 13.4. The summed E-state index contributed by atoms with van der Waals surface area (Å²) in [6, 6.07) is 17.3. The lowest BCUT2D eigenvalue weighted by atomic mass is 9.82. The molecular weight excluding hydrogens is 560 g/mol. The Kier molecular flexibility index (Phi) is 9.61. The van der Waals surface area contributed by atoms with E-state index >= 15 is 0 Å². The van der Waals surface area contributed by atoms with E-state index in [1.807, 2.05) is 27.7 Å². The van der Waals surface area contributed by atoms with Gasteiger partial charge >= 0.3 is 11.9 Å². The van der Waals surface area contributed by atoms with Crippen molar-refractivity contribution in [1.82, 2.24) is 0 Å². The van der Waals surface area contributed by atoms with Crippen molar-refractivity contribution in [3.63, 3.8) is 0 Å². The summed E-state index contributed by atoms with van der Waals surface area (Å²) in [4.78, 5) is 23.8. The normalized spacial score (nSPS) is 20.2. The SMILES string of the molecule is Cc1ccc(C(c2cc(C)c(OC(C)OC3CCOC3=O)c(C)c2)c2cc(C)c(OC(C)OC3CCOC3=O)c(C)c2)cc1. The van der Waals surface area contributed by atoms with E-state index in [2.05, 4.69) is 55.5 Å². The van der Waals surface area contributed by atoms with Gasteiger partial charge in [0.25, 0.3) is 0 Å². The number of hydrogen-bond donors (Lipinski definition) is 0. The van der Waals surface area contributed by atoms with E-state index in [4.69, 9.17) is 28.4 Å². The molecule has 0 radical (unpaired) electrons. The van der Waals surface area contributed by atoms with Crippen molar-refractivity contribution in [2.24, 2.45) is 0 Å². The summed E-state index contributed by atoms with van der Waals surface area (Å²) in [6.45, 7) is 14.6. The molecule has 2 heterocycles. The van der Waals surface area contributed by atoms with Gasteiger partial charge in [0.1, 0.15) is 11.5 Å². The van der Waals surface area contributed by atoms with Crippen LogP contribution in [0, 0.1) is 34.6 Å². The Morgan fingerprint density at radius 2 is 1.00 bits per heavy atom. The minimum Gasteiger partial charge on any atom is -0.465 e. The maximum absolute atomic E-state index is 11.9. The molecule has 0 amide bonds. The summed E-state index contributed by atoms with van der Waals surface area (Å²) in [5.74, 6) is 0.760. The molecule has 3 aromatic rings. The quantitative estimate of drug-likeness (QED) is 0.139. The van der Waals surface area contributed by atoms with Crippen molar-refractivity contribution >= 4 is 11.9 Å². The van der Waals surface area contributed by atoms with E-state index in [0.29, 0.717) is 26.1 Å². The highest BCUT2D eigenvalue weighted by molar-refractivity contribution is 5.76. The molecule has 4 unspecified atom stereocenters. The second-order valence-corrected chi connectivity index (χ2v) is 11.8. The molecule has 3 aromatic carbocycles. The predicted octanol–water partition coefficient (Wildman–Crippen LogP) is 6.52. The van der Waals surface area contributed by atoms with Gasteiger partial charge < -0.3 is 28.4 Å². The third kappa shape index (κ3) is 7.08. The zero-order valence-electron chi connectivity index (χ0n) is 26.6. The van der Waals surface area contributed by atoms with Gasteiger partial charge in [-0.25, -0.2) is 9.59 Å². The molecule has 8 nitrogen and oxygen atoms in total. The van der Waals surface area contributed by atoms with Crippen LogP contribution in [0.5, 0.6) is 11.5 Å². The van der Waals surface area contributed by atoms with Crippen molar-refractivity contribution < 1.29 is 38.0 Å². The first kappa shape index (κ1) is 31.5. The Balaban J connectivity index is 1.43. The molecule has 0 spiro atoms. The van der Waals surface area contributed by atoms with Crippen LogP contribution in [-0.2, 0) is 28.5 Å². The molecular formula is C36H42O8. The van der Waals surface area contributed by atoms with Gasteiger partial charge in [0.15, 0.2) is 24.8 Å². The Morgan fingerprint density at radius 1 is 0.614 bits per heavy atom. The highest BCUT2D eigenvalue weighted by atomic mass is 16.7. The molecule has 0 aliphatic carbocycles. The second-order valence-electron chi connectivity index (χ2n) is 11.8. The average Bonchev–Trinajstić information content (AvgIpc) is 3.56. The third-order valence-corrected chi connectivity index (χ3v) is 8.10. The van der Waals surface area contributed by atoms with E-state index in [-0.39, 0.29) is 17.9 Å². The number of cyclic esters (lactones) is 2. The van der Waals surface area contributed by atoms with Crippen LogP contribution in [0.25, 0.3) is 0 Å². The van der Waals surface area contributed by atoms with Crippen molar-refractivity contribution in [2.45, 2.75) is 92.0 Å². The molecule has 2 saturated heterocycles. The van der Waals surface area contributed by atoms with Crippen molar-refractivity contribution in [3.05, 3.63) is 93.0 Å². The van der Waals surface area contributed by atoms with Crippen molar-refractivity contribution in [3.8, 4) is 11.5 Å². The average molecular weight is 603 g/mol. The molecule has 2 aliphatic rings. The van der Waals surface area contributed by atoms with Crippen LogP contribution in [0.1, 0.15) is 77.1 Å². The number of esters is 2. The summed E-state index contributed by atoms with van der Waals surface area (Å²) in [5, 5.41) is 0. The Hall–Kier alpha value is -3.88. The van der Waals surface area contributed by atoms with E-state index in [0.717, 1.165) is 44.9 Å². The summed E-state index contributed by atoms with van der Waals surface area (Å²) < 4.78 is 34.1. The van der Waals surface area contributed by atoms with Gasteiger partial charge in [0.2, 0.25) is 0 Å². The Labute approximate surface area is 259 Å². The molecule has 0 aromatic heterocycles. The van der Waals surface area contributed by atoms with Gasteiger partial charge in [-0.3, -0.25) is 0 Å². The van der Waals surface area contributed by atoms with E-state index in [1.165, 1.54) is 11.1 Å². The topological polar surface area (TPSA) is 89.5 Å². The summed E-state index contributed by atoms with van der Waals surface area (Å²) in [6.07, 6.45) is -1.33. The molecule has 8 heteroatoms. The van der Waals surface area contributed by atoms with Gasteiger partial charge in [-0.1, -0.05) is 54.1 Å². The smallest absolute Gasteiger partial charge is 0.335 e. The number of hydrogen-bond acceptors (Lipinski definition) is 8. The van der Waals surface area contributed by atoms with E-state index in [1.54, 1.807) is 13.8 Å². The van der Waals surface area contributed by atoms with Crippen LogP contribution in [0.15, 0.2) is 48.5 Å². The third-order valence-electron chi connectivity index (χ3n) is 8.10. The molecule has 2 fully saturated rings. The molecule has 0 bridgehead atoms. The Bertz CT molecular complexity index is 1370. The zero-order chi connectivity index (χ0) is 31.5. The standard InChI is InChI=1S/C36H42O8/c1-20-8-10-27(11-9-20)32(28-16-21(2)33(22(3)17-28)43-25(6)41-30-12-14-39-35(30)37)29-18-23(4)34(24(5)19-29)44-26(7)42-31-13-15-40-36(31)38/h8-11,16-19,25-26,30-32H,12-15H2,1-7H3. The molecule has 234 valence electrons. The lowest BCUT2D eigenvalue weighted by molar-refractivity contribution is -0.160. The van der Waals surface area contributed by atoms with Gasteiger partial charge in [0, 0.05) is 18.8 Å². The van der Waals surface area contributed by atoms with Gasteiger partial charge in [-0.05, 0) is 87.4 Å². The fourth-order valence-corrected chi connectivity index (χ4v) is 6.06. The van der Waals surface area contributed by atoms with Gasteiger partial charge in [-0.2, -0.15) is 0 Å². The van der Waals surface area contributed by atoms with Crippen molar-refractivity contribution in [1.29, 1.82) is 0 Å². The number of carbonyl (C=O) groups is 2. The Morgan fingerprint density at radius 3 is 1.34 bits per heavy atom. The summed E-state index contributed by atoms with van der Waals surface area (Å²) >= 11 is 0. The molecule has 0 saturated carbocycles. The zero-order valence-corrected chi connectivity index (χ0v) is 26.6. The highest BCUT2D eigenvalue weighted by Crippen LogP contribution is 2.39. The van der Waals surface area contributed by atoms with E-state index < -0.39 is 24.8 Å². The lowest BCUT2D eigenvalue weighted by Gasteiger charge is -2.26. The fraction of sp³-hybridized carbons (Fsp3) is 0.444. The summed E-state index contributed by atoms with van der Waals surface area (Å²) in [5.41, 5.74) is 8.54. The monoisotopic (exact) mass is 602 g/mol. The van der Waals surface area contributed by atoms with Gasteiger partial charge in [0.05, 0.1) is 13.2 Å². The maximum atomic E-state index is 11.9. The lowest BCUT2D eigenvalue weighted by Crippen LogP contribution is -2.28. The molecule has 2 aliphatic heterocycles. The predicted molar refractivity (Wildman–Crippen MR) is 165 cm³/mol. The number of rotatable bonds is 11. The number of benzene rings is 3. The van der Waals surface area contributed by atoms with Crippen LogP contribution >= 0.6 is 0 Å². The first-order valence-corrected chi connectivity index (χ1v) is 15.3. The van der Waals surface area contributed by atoms with E-state index in [9.17, 15) is 9.59 Å². The highest BCUT2D eigenvalue weighted by Gasteiger charge is 2.31. The van der Waals surface area contributed by atoms with Crippen LogP contribution < -0.4 is 9.47 Å². The van der Waals surface area contributed by atoms with Crippen molar-refractivity contribution in [2.75, 3.05) is 13.2 Å². The van der Waals surface area contributed by atoms with Crippen LogP contribution in [0.2, 0.25) is 0 Å².